The first-order valence-corrected chi connectivity index (χ1v) is 8.28. The molecule has 0 bridgehead atoms. The van der Waals surface area contributed by atoms with Crippen LogP contribution in [0.1, 0.15) is 16.7 Å². The van der Waals surface area contributed by atoms with Gasteiger partial charge in [-0.15, -0.1) is 0 Å². The Balaban J connectivity index is 1.94. The number of carbonyl (C=O) groups is 1. The van der Waals surface area contributed by atoms with Gasteiger partial charge in [-0.1, -0.05) is 30.3 Å². The summed E-state index contributed by atoms with van der Waals surface area (Å²) in [7, 11) is 1.48. The molecule has 146 valence electrons. The maximum Gasteiger partial charge on any atom is 0.416 e. The minimum absolute atomic E-state index is 0.0621. The fraction of sp³-hybridized carbons (Fsp3) is 0.316. The summed E-state index contributed by atoms with van der Waals surface area (Å²) in [5.41, 5.74) is 0.183. The number of hydrogen-bond donors (Lipinski definition) is 3. The van der Waals surface area contributed by atoms with Crippen molar-refractivity contribution in [3.05, 3.63) is 65.2 Å². The molecule has 2 rings (SSSR count). The summed E-state index contributed by atoms with van der Waals surface area (Å²) < 4.78 is 44.4. The van der Waals surface area contributed by atoms with E-state index in [0.29, 0.717) is 12.3 Å². The highest BCUT2D eigenvalue weighted by molar-refractivity contribution is 5.81. The molecule has 0 heterocycles. The molecule has 0 aromatic heterocycles. The number of aliphatic hydroxyl groups excluding tert-OH is 1. The molecule has 3 N–H and O–H groups in total. The van der Waals surface area contributed by atoms with Gasteiger partial charge in [0.15, 0.2) is 0 Å². The van der Waals surface area contributed by atoms with E-state index < -0.39 is 17.8 Å². The van der Waals surface area contributed by atoms with Gasteiger partial charge in [0.1, 0.15) is 18.4 Å². The lowest BCUT2D eigenvalue weighted by Gasteiger charge is -2.15. The zero-order valence-electron chi connectivity index (χ0n) is 14.7. The standard InChI is InChI=1S/C19H21F3N2O3/c1-23-18(26)17(11-25)24-10-13-6-8-15(9-7-13)27-12-14-4-2-3-5-16(14)19(20,21)22/h2-9,17,24-25H,10-12H2,1H3,(H,23,26)/t17-/m1/s1. The smallest absolute Gasteiger partial charge is 0.416 e. The van der Waals surface area contributed by atoms with Crippen molar-refractivity contribution in [2.24, 2.45) is 0 Å². The van der Waals surface area contributed by atoms with E-state index in [4.69, 9.17) is 4.74 Å². The Morgan fingerprint density at radius 2 is 1.81 bits per heavy atom. The third-order valence-electron chi connectivity index (χ3n) is 3.94. The third-order valence-corrected chi connectivity index (χ3v) is 3.94. The first kappa shape index (κ1) is 20.7. The minimum Gasteiger partial charge on any atom is -0.489 e. The lowest BCUT2D eigenvalue weighted by molar-refractivity contribution is -0.138. The molecule has 0 aliphatic carbocycles. The number of rotatable bonds is 8. The van der Waals surface area contributed by atoms with Crippen molar-refractivity contribution in [2.75, 3.05) is 13.7 Å². The third kappa shape index (κ3) is 5.97. The van der Waals surface area contributed by atoms with Crippen molar-refractivity contribution < 1.29 is 27.8 Å². The fourth-order valence-corrected chi connectivity index (χ4v) is 2.44. The molecule has 8 heteroatoms. The van der Waals surface area contributed by atoms with Gasteiger partial charge in [0.25, 0.3) is 0 Å². The van der Waals surface area contributed by atoms with Crippen LogP contribution in [0, 0.1) is 0 Å². The summed E-state index contributed by atoms with van der Waals surface area (Å²) in [6.07, 6.45) is -4.43. The average molecular weight is 382 g/mol. The molecule has 2 aromatic carbocycles. The van der Waals surface area contributed by atoms with Crippen molar-refractivity contribution in [1.82, 2.24) is 10.6 Å². The highest BCUT2D eigenvalue weighted by Crippen LogP contribution is 2.32. The van der Waals surface area contributed by atoms with Gasteiger partial charge in [-0.25, -0.2) is 0 Å². The van der Waals surface area contributed by atoms with Crippen molar-refractivity contribution in [2.45, 2.75) is 25.4 Å². The monoisotopic (exact) mass is 382 g/mol. The Morgan fingerprint density at radius 3 is 2.41 bits per heavy atom. The number of halogens is 3. The van der Waals surface area contributed by atoms with Gasteiger partial charge in [0, 0.05) is 19.2 Å². The first-order valence-electron chi connectivity index (χ1n) is 8.28. The molecule has 0 aliphatic heterocycles. The van der Waals surface area contributed by atoms with E-state index in [1.165, 1.54) is 25.2 Å². The van der Waals surface area contributed by atoms with E-state index in [9.17, 15) is 23.1 Å². The van der Waals surface area contributed by atoms with Gasteiger partial charge < -0.3 is 15.2 Å². The molecule has 0 aliphatic rings. The Bertz CT molecular complexity index is 749. The van der Waals surface area contributed by atoms with Crippen molar-refractivity contribution in [1.29, 1.82) is 0 Å². The van der Waals surface area contributed by atoms with E-state index in [-0.39, 0.29) is 24.7 Å². The number of hydrogen-bond acceptors (Lipinski definition) is 4. The summed E-state index contributed by atoms with van der Waals surface area (Å²) in [5, 5.41) is 14.5. The fourth-order valence-electron chi connectivity index (χ4n) is 2.44. The molecule has 1 atom stereocenters. The Labute approximate surface area is 155 Å². The molecular formula is C19H21F3N2O3. The molecule has 0 saturated heterocycles. The maximum absolute atomic E-state index is 13.0. The Hall–Kier alpha value is -2.58. The number of ether oxygens (including phenoxy) is 1. The molecule has 0 fully saturated rings. The van der Waals surface area contributed by atoms with Gasteiger partial charge in [0.05, 0.1) is 12.2 Å². The molecule has 2 aromatic rings. The Kier molecular flexibility index (Phi) is 7.20. The zero-order chi connectivity index (χ0) is 19.9. The number of benzene rings is 2. The summed E-state index contributed by atoms with van der Waals surface area (Å²) in [5.74, 6) is 0.113. The lowest BCUT2D eigenvalue weighted by atomic mass is 10.1. The van der Waals surface area contributed by atoms with Crippen LogP contribution < -0.4 is 15.4 Å². The van der Waals surface area contributed by atoms with Gasteiger partial charge in [-0.05, 0) is 23.8 Å². The number of carbonyl (C=O) groups excluding carboxylic acids is 1. The van der Waals surface area contributed by atoms with E-state index in [0.717, 1.165) is 11.6 Å². The van der Waals surface area contributed by atoms with Crippen LogP contribution >= 0.6 is 0 Å². The highest BCUT2D eigenvalue weighted by atomic mass is 19.4. The molecule has 0 saturated carbocycles. The quantitative estimate of drug-likeness (QED) is 0.656. The number of aliphatic hydroxyl groups is 1. The molecule has 5 nitrogen and oxygen atoms in total. The molecular weight excluding hydrogens is 361 g/mol. The van der Waals surface area contributed by atoms with Crippen LogP contribution in [0.2, 0.25) is 0 Å². The van der Waals surface area contributed by atoms with E-state index in [1.54, 1.807) is 24.3 Å². The van der Waals surface area contributed by atoms with Crippen LogP contribution in [0.3, 0.4) is 0 Å². The average Bonchev–Trinajstić information content (AvgIpc) is 2.67. The van der Waals surface area contributed by atoms with Crippen LogP contribution in [0.5, 0.6) is 5.75 Å². The predicted octanol–water partition coefficient (Wildman–Crippen LogP) is 2.48. The van der Waals surface area contributed by atoms with E-state index in [1.807, 2.05) is 0 Å². The van der Waals surface area contributed by atoms with Gasteiger partial charge in [-0.2, -0.15) is 13.2 Å². The summed E-state index contributed by atoms with van der Waals surface area (Å²) in [6, 6.07) is 11.3. The van der Waals surface area contributed by atoms with Gasteiger partial charge in [0.2, 0.25) is 5.91 Å². The zero-order valence-corrected chi connectivity index (χ0v) is 14.7. The van der Waals surface area contributed by atoms with Gasteiger partial charge >= 0.3 is 6.18 Å². The molecule has 1 amide bonds. The van der Waals surface area contributed by atoms with Crippen LogP contribution in [0.25, 0.3) is 0 Å². The topological polar surface area (TPSA) is 70.6 Å². The predicted molar refractivity (Wildman–Crippen MR) is 94.0 cm³/mol. The number of likely N-dealkylation sites (N-methyl/N-ethyl adjacent to an activating group) is 1. The first-order chi connectivity index (χ1) is 12.8. The molecule has 0 spiro atoms. The van der Waals surface area contributed by atoms with Gasteiger partial charge in [-0.3, -0.25) is 10.1 Å². The molecule has 0 radical (unpaired) electrons. The van der Waals surface area contributed by atoms with Crippen LogP contribution in [-0.4, -0.2) is 30.7 Å². The number of nitrogens with one attached hydrogen (secondary N) is 2. The second-order valence-corrected chi connectivity index (χ2v) is 5.82. The number of amides is 1. The van der Waals surface area contributed by atoms with E-state index >= 15 is 0 Å². The summed E-state index contributed by atoms with van der Waals surface area (Å²) in [6.45, 7) is -0.189. The summed E-state index contributed by atoms with van der Waals surface area (Å²) in [4.78, 5) is 11.5. The summed E-state index contributed by atoms with van der Waals surface area (Å²) >= 11 is 0. The second-order valence-electron chi connectivity index (χ2n) is 5.82. The highest BCUT2D eigenvalue weighted by Gasteiger charge is 2.32. The largest absolute Gasteiger partial charge is 0.489 e. The number of alkyl halides is 3. The van der Waals surface area contributed by atoms with Crippen LogP contribution in [0.4, 0.5) is 13.2 Å². The SMILES string of the molecule is CNC(=O)[C@@H](CO)NCc1ccc(OCc2ccccc2C(F)(F)F)cc1. The lowest BCUT2D eigenvalue weighted by Crippen LogP contribution is -2.44. The molecule has 0 unspecified atom stereocenters. The molecule has 27 heavy (non-hydrogen) atoms. The van der Waals surface area contributed by atoms with Crippen LogP contribution in [0.15, 0.2) is 48.5 Å². The van der Waals surface area contributed by atoms with E-state index in [2.05, 4.69) is 10.6 Å². The maximum atomic E-state index is 13.0. The van der Waals surface area contributed by atoms with Crippen LogP contribution in [-0.2, 0) is 24.1 Å². The second kappa shape index (κ2) is 9.38. The minimum atomic E-state index is -4.43. The van der Waals surface area contributed by atoms with Crippen molar-refractivity contribution in [3.8, 4) is 5.75 Å². The van der Waals surface area contributed by atoms with Crippen molar-refractivity contribution in [3.63, 3.8) is 0 Å². The normalized spacial score (nSPS) is 12.5. The van der Waals surface area contributed by atoms with Crippen molar-refractivity contribution >= 4 is 5.91 Å². The Morgan fingerprint density at radius 1 is 1.15 bits per heavy atom.